The van der Waals surface area contributed by atoms with Gasteiger partial charge >= 0.3 is 0 Å². The van der Waals surface area contributed by atoms with Crippen LogP contribution in [-0.2, 0) is 39.9 Å². The molecule has 1 heterocycles. The molecule has 0 aromatic heterocycles. The minimum absolute atomic E-state index is 0. The molecule has 0 spiro atoms. The van der Waals surface area contributed by atoms with Crippen LogP contribution in [0.25, 0.3) is 0 Å². The van der Waals surface area contributed by atoms with Gasteiger partial charge in [-0.25, -0.2) is 0 Å². The summed E-state index contributed by atoms with van der Waals surface area (Å²) < 4.78 is 31.7. The van der Waals surface area contributed by atoms with Crippen LogP contribution in [0.2, 0.25) is 0 Å². The van der Waals surface area contributed by atoms with Gasteiger partial charge in [-0.05, 0) is 39.2 Å². The molecule has 1 rings (SSSR count). The van der Waals surface area contributed by atoms with Crippen LogP contribution in [0, 0.1) is 0 Å². The van der Waals surface area contributed by atoms with Gasteiger partial charge in [-0.2, -0.15) is 8.42 Å². The summed E-state index contributed by atoms with van der Waals surface area (Å²) in [5.74, 6) is 0. The van der Waals surface area contributed by atoms with E-state index in [2.05, 4.69) is 14.8 Å². The van der Waals surface area contributed by atoms with Crippen molar-refractivity contribution in [2.75, 3.05) is 19.4 Å². The molecular formula is C10H22NO4PSW. The summed E-state index contributed by atoms with van der Waals surface area (Å²) in [7, 11) is -1.02. The Bertz CT molecular complexity index is 333. The Morgan fingerprint density at radius 1 is 1.50 bits per heavy atom. The molecule has 1 aliphatic rings. The fraction of sp³-hybridized carbons (Fsp3) is 1.00. The topological polar surface area (TPSA) is 64.6 Å². The largest absolute Gasteiger partial charge is 0.361 e. The summed E-state index contributed by atoms with van der Waals surface area (Å²) >= 11 is 0. The molecule has 18 heavy (non-hydrogen) atoms. The predicted octanol–water partition coefficient (Wildman–Crippen LogP) is 1.06. The molecule has 0 aromatic carbocycles. The minimum atomic E-state index is -3.32. The molecule has 3 unspecified atom stereocenters. The van der Waals surface area contributed by atoms with E-state index < -0.39 is 10.1 Å². The van der Waals surface area contributed by atoms with Gasteiger partial charge in [0.15, 0.2) is 0 Å². The van der Waals surface area contributed by atoms with E-state index in [4.69, 9.17) is 8.71 Å². The monoisotopic (exact) mass is 467 g/mol. The van der Waals surface area contributed by atoms with Crippen LogP contribution < -0.4 is 5.32 Å². The maximum Gasteiger partial charge on any atom is 0.264 e. The second-order valence-electron chi connectivity index (χ2n) is 4.59. The maximum absolute atomic E-state index is 10.8. The van der Waals surface area contributed by atoms with E-state index in [1.165, 1.54) is 0 Å². The Hall–Kier alpha value is 0.948. The van der Waals surface area contributed by atoms with Crippen LogP contribution in [0.5, 0.6) is 0 Å². The zero-order valence-electron chi connectivity index (χ0n) is 10.8. The van der Waals surface area contributed by atoms with Crippen molar-refractivity contribution >= 4 is 19.6 Å². The van der Waals surface area contributed by atoms with E-state index in [1.54, 1.807) is 0 Å². The van der Waals surface area contributed by atoms with Crippen molar-refractivity contribution in [3.8, 4) is 0 Å². The van der Waals surface area contributed by atoms with E-state index in [0.717, 1.165) is 32.1 Å². The zero-order valence-corrected chi connectivity index (χ0v) is 15.8. The second kappa shape index (κ2) is 8.28. The Morgan fingerprint density at radius 3 is 2.61 bits per heavy atom. The van der Waals surface area contributed by atoms with Gasteiger partial charge in [0.25, 0.3) is 10.1 Å². The molecule has 1 aliphatic heterocycles. The number of hydrogen-bond acceptors (Lipinski definition) is 5. The molecule has 0 bridgehead atoms. The molecule has 1 fully saturated rings. The Balaban J connectivity index is 0.00000289. The van der Waals surface area contributed by atoms with E-state index in [1.807, 2.05) is 6.92 Å². The molecule has 108 valence electrons. The fourth-order valence-corrected chi connectivity index (χ4v) is 3.00. The van der Waals surface area contributed by atoms with Crippen molar-refractivity contribution in [2.24, 2.45) is 0 Å². The first-order valence-corrected chi connectivity index (χ1v) is 8.13. The van der Waals surface area contributed by atoms with E-state index in [-0.39, 0.29) is 39.3 Å². The smallest absolute Gasteiger partial charge is 0.264 e. The average Bonchev–Trinajstić information content (AvgIpc) is 2.72. The summed E-state index contributed by atoms with van der Waals surface area (Å²) in [5, 5.41) is 3.48. The molecule has 0 radical (unpaired) electrons. The molecule has 5 nitrogen and oxygen atoms in total. The van der Waals surface area contributed by atoms with Gasteiger partial charge in [-0.3, -0.25) is 4.18 Å². The Kier molecular flexibility index (Phi) is 8.72. The third kappa shape index (κ3) is 5.94. The van der Waals surface area contributed by atoms with Crippen LogP contribution in [0.3, 0.4) is 0 Å². The zero-order chi connectivity index (χ0) is 12.9. The molecule has 0 aromatic rings. The summed E-state index contributed by atoms with van der Waals surface area (Å²) in [5.41, 5.74) is -0.0391. The number of hydrogen-bond donors (Lipinski definition) is 1. The van der Waals surface area contributed by atoms with Crippen molar-refractivity contribution in [1.29, 1.82) is 0 Å². The van der Waals surface area contributed by atoms with Crippen molar-refractivity contribution in [2.45, 2.75) is 44.2 Å². The Labute approximate surface area is 126 Å². The summed E-state index contributed by atoms with van der Waals surface area (Å²) in [6.45, 7) is 3.26. The van der Waals surface area contributed by atoms with E-state index in [0.29, 0.717) is 6.42 Å². The standard InChI is InChI=1S/C10H22NO4PS.W/c1-9(15-16)10(5-3-7-11-10)6-4-8-14-17(2,12)13;/h9,11H,3-8,16H2,1-2H3;. The van der Waals surface area contributed by atoms with E-state index in [9.17, 15) is 8.42 Å². The Morgan fingerprint density at radius 2 is 2.17 bits per heavy atom. The molecule has 0 aliphatic carbocycles. The molecule has 1 saturated heterocycles. The summed E-state index contributed by atoms with van der Waals surface area (Å²) in [6, 6.07) is 0. The third-order valence-corrected chi connectivity index (χ3v) is 4.33. The van der Waals surface area contributed by atoms with Gasteiger partial charge in [-0.15, -0.1) is 0 Å². The van der Waals surface area contributed by atoms with Gasteiger partial charge in [0, 0.05) is 36.1 Å². The molecule has 0 saturated carbocycles. The summed E-state index contributed by atoms with van der Waals surface area (Å²) in [4.78, 5) is 0. The van der Waals surface area contributed by atoms with Gasteiger partial charge in [0.05, 0.1) is 19.0 Å². The SMILES string of the molecule is CC(OP)C1(CCCOS(C)(=O)=O)CCCN1.[W]. The van der Waals surface area contributed by atoms with Crippen molar-refractivity contribution < 1.29 is 38.2 Å². The van der Waals surface area contributed by atoms with E-state index >= 15 is 0 Å². The number of rotatable bonds is 7. The van der Waals surface area contributed by atoms with Crippen LogP contribution in [0.15, 0.2) is 0 Å². The molecule has 3 atom stereocenters. The van der Waals surface area contributed by atoms with Gasteiger partial charge in [0.1, 0.15) is 0 Å². The van der Waals surface area contributed by atoms with Crippen molar-refractivity contribution in [1.82, 2.24) is 5.32 Å². The quantitative estimate of drug-likeness (QED) is 0.345. The minimum Gasteiger partial charge on any atom is -0.361 e. The normalized spacial score (nSPS) is 25.7. The molecule has 8 heteroatoms. The van der Waals surface area contributed by atoms with Gasteiger partial charge in [0.2, 0.25) is 0 Å². The van der Waals surface area contributed by atoms with Crippen molar-refractivity contribution in [3.63, 3.8) is 0 Å². The van der Waals surface area contributed by atoms with Crippen LogP contribution in [-0.4, -0.2) is 39.5 Å². The first-order valence-electron chi connectivity index (χ1n) is 5.85. The fourth-order valence-electron chi connectivity index (χ4n) is 2.32. The van der Waals surface area contributed by atoms with Crippen LogP contribution in [0.4, 0.5) is 0 Å². The number of nitrogens with one attached hydrogen (secondary N) is 1. The second-order valence-corrected chi connectivity index (χ2v) is 6.51. The third-order valence-electron chi connectivity index (χ3n) is 3.32. The van der Waals surface area contributed by atoms with Gasteiger partial charge < -0.3 is 9.84 Å². The maximum atomic E-state index is 10.8. The first kappa shape index (κ1) is 18.9. The van der Waals surface area contributed by atoms with Crippen LogP contribution in [0.1, 0.15) is 32.6 Å². The molecule has 0 amide bonds. The van der Waals surface area contributed by atoms with Crippen molar-refractivity contribution in [3.05, 3.63) is 0 Å². The molecular weight excluding hydrogens is 445 g/mol. The van der Waals surface area contributed by atoms with Gasteiger partial charge in [-0.1, -0.05) is 0 Å². The van der Waals surface area contributed by atoms with Crippen LogP contribution >= 0.6 is 9.47 Å². The summed E-state index contributed by atoms with van der Waals surface area (Å²) in [6.07, 6.45) is 4.92. The first-order chi connectivity index (χ1) is 7.90. The predicted molar refractivity (Wildman–Crippen MR) is 70.3 cm³/mol. The molecule has 1 N–H and O–H groups in total. The average molecular weight is 467 g/mol.